The van der Waals surface area contributed by atoms with E-state index in [1.54, 1.807) is 12.4 Å². The highest BCUT2D eigenvalue weighted by molar-refractivity contribution is 5.94. The van der Waals surface area contributed by atoms with Gasteiger partial charge in [-0.05, 0) is 55.0 Å². The van der Waals surface area contributed by atoms with E-state index in [1.165, 1.54) is 24.0 Å². The van der Waals surface area contributed by atoms with Crippen molar-refractivity contribution in [1.29, 1.82) is 0 Å². The molecule has 4 nitrogen and oxygen atoms in total. The number of pyridine rings is 1. The lowest BCUT2D eigenvalue weighted by Crippen LogP contribution is -2.45. The zero-order valence-electron chi connectivity index (χ0n) is 17.1. The molecule has 2 fully saturated rings. The fourth-order valence-electron chi connectivity index (χ4n) is 4.83. The number of benzene rings is 1. The van der Waals surface area contributed by atoms with Crippen molar-refractivity contribution in [3.8, 4) is 0 Å². The lowest BCUT2D eigenvalue weighted by molar-refractivity contribution is 0.0675. The number of hydrogen-bond acceptors (Lipinski definition) is 3. The third-order valence-electron chi connectivity index (χ3n) is 6.45. The number of nitrogens with zero attached hydrogens (tertiary/aromatic N) is 3. The summed E-state index contributed by atoms with van der Waals surface area (Å²) >= 11 is 0. The van der Waals surface area contributed by atoms with Crippen LogP contribution in [0.1, 0.15) is 60.5 Å². The minimum absolute atomic E-state index is 0.153. The van der Waals surface area contributed by atoms with E-state index in [0.717, 1.165) is 44.7 Å². The summed E-state index contributed by atoms with van der Waals surface area (Å²) in [4.78, 5) is 21.5. The molecule has 1 atom stereocenters. The predicted molar refractivity (Wildman–Crippen MR) is 112 cm³/mol. The number of piperidine rings is 1. The van der Waals surface area contributed by atoms with E-state index < -0.39 is 0 Å². The van der Waals surface area contributed by atoms with Crippen molar-refractivity contribution < 1.29 is 4.79 Å². The van der Waals surface area contributed by atoms with Crippen LogP contribution in [-0.4, -0.2) is 46.9 Å². The lowest BCUT2D eigenvalue weighted by atomic mass is 9.79. The van der Waals surface area contributed by atoms with E-state index in [9.17, 15) is 4.79 Å². The van der Waals surface area contributed by atoms with Gasteiger partial charge in [0.25, 0.3) is 5.91 Å². The van der Waals surface area contributed by atoms with Gasteiger partial charge in [-0.25, -0.2) is 0 Å². The number of aromatic nitrogens is 1. The number of amides is 1. The van der Waals surface area contributed by atoms with Gasteiger partial charge >= 0.3 is 0 Å². The van der Waals surface area contributed by atoms with Gasteiger partial charge in [0, 0.05) is 49.6 Å². The smallest absolute Gasteiger partial charge is 0.253 e. The molecule has 0 bridgehead atoms. The van der Waals surface area contributed by atoms with E-state index in [2.05, 4.69) is 52.9 Å². The van der Waals surface area contributed by atoms with Crippen LogP contribution in [-0.2, 0) is 6.54 Å². The molecule has 0 N–H and O–H groups in total. The number of likely N-dealkylation sites (tertiary alicyclic amines) is 2. The number of carbonyl (C=O) groups excluding carboxylic acids is 1. The molecule has 0 radical (unpaired) electrons. The molecule has 3 heterocycles. The first-order valence-corrected chi connectivity index (χ1v) is 10.6. The fourth-order valence-corrected chi connectivity index (χ4v) is 4.83. The van der Waals surface area contributed by atoms with E-state index in [1.807, 2.05) is 12.1 Å². The summed E-state index contributed by atoms with van der Waals surface area (Å²) in [7, 11) is 0. The Morgan fingerprint density at radius 1 is 1.04 bits per heavy atom. The summed E-state index contributed by atoms with van der Waals surface area (Å²) in [5, 5.41) is 0. The molecular weight excluding hydrogens is 346 g/mol. The molecule has 1 spiro atoms. The first kappa shape index (κ1) is 19.1. The van der Waals surface area contributed by atoms with Crippen LogP contribution in [0.4, 0.5) is 0 Å². The molecule has 0 aliphatic carbocycles. The second-order valence-corrected chi connectivity index (χ2v) is 8.92. The number of rotatable bonds is 4. The van der Waals surface area contributed by atoms with Crippen LogP contribution in [0.5, 0.6) is 0 Å². The standard InChI is InChI=1S/C24H31N3O/c1-19(2)21-6-4-20(5-7-21)16-26-14-3-10-24(17-26)11-15-27(18-24)23(28)22-8-12-25-13-9-22/h4-9,12-13,19H,3,10-11,14-18H2,1-2H3. The molecule has 28 heavy (non-hydrogen) atoms. The molecule has 2 saturated heterocycles. The van der Waals surface area contributed by atoms with Crippen molar-refractivity contribution in [2.24, 2.45) is 5.41 Å². The largest absolute Gasteiger partial charge is 0.338 e. The van der Waals surface area contributed by atoms with Crippen molar-refractivity contribution in [1.82, 2.24) is 14.8 Å². The third-order valence-corrected chi connectivity index (χ3v) is 6.45. The third kappa shape index (κ3) is 4.12. The zero-order valence-corrected chi connectivity index (χ0v) is 17.1. The SMILES string of the molecule is CC(C)c1ccc(CN2CCCC3(CCN(C(=O)c4ccncc4)C3)C2)cc1. The average molecular weight is 378 g/mol. The van der Waals surface area contributed by atoms with Gasteiger partial charge in [0.15, 0.2) is 0 Å². The summed E-state index contributed by atoms with van der Waals surface area (Å²) in [5.41, 5.74) is 3.81. The zero-order chi connectivity index (χ0) is 19.6. The summed E-state index contributed by atoms with van der Waals surface area (Å²) in [6.45, 7) is 9.50. The second kappa shape index (κ2) is 8.04. The van der Waals surface area contributed by atoms with Crippen LogP contribution in [0.3, 0.4) is 0 Å². The Balaban J connectivity index is 1.39. The van der Waals surface area contributed by atoms with Crippen LogP contribution < -0.4 is 0 Å². The first-order valence-electron chi connectivity index (χ1n) is 10.6. The molecule has 1 amide bonds. The molecule has 1 unspecified atom stereocenters. The van der Waals surface area contributed by atoms with Crippen molar-refractivity contribution >= 4 is 5.91 Å². The summed E-state index contributed by atoms with van der Waals surface area (Å²) in [5.74, 6) is 0.732. The molecule has 1 aromatic heterocycles. The highest BCUT2D eigenvalue weighted by Gasteiger charge is 2.42. The lowest BCUT2D eigenvalue weighted by Gasteiger charge is -2.40. The molecule has 2 aliphatic heterocycles. The van der Waals surface area contributed by atoms with Crippen LogP contribution in [0.2, 0.25) is 0 Å². The Kier molecular flexibility index (Phi) is 5.49. The van der Waals surface area contributed by atoms with Crippen molar-refractivity contribution in [3.63, 3.8) is 0 Å². The highest BCUT2D eigenvalue weighted by atomic mass is 16.2. The predicted octanol–water partition coefficient (Wildman–Crippen LogP) is 4.33. The maximum absolute atomic E-state index is 12.8. The van der Waals surface area contributed by atoms with E-state index >= 15 is 0 Å². The van der Waals surface area contributed by atoms with E-state index in [0.29, 0.717) is 5.92 Å². The van der Waals surface area contributed by atoms with Gasteiger partial charge in [-0.1, -0.05) is 38.1 Å². The molecule has 2 aliphatic rings. The normalized spacial score (nSPS) is 22.9. The van der Waals surface area contributed by atoms with Gasteiger partial charge in [0.05, 0.1) is 0 Å². The summed E-state index contributed by atoms with van der Waals surface area (Å²) < 4.78 is 0. The van der Waals surface area contributed by atoms with Crippen molar-refractivity contribution in [2.45, 2.75) is 45.6 Å². The first-order chi connectivity index (χ1) is 13.5. The molecule has 1 aromatic carbocycles. The van der Waals surface area contributed by atoms with Gasteiger partial charge in [-0.15, -0.1) is 0 Å². The molecular formula is C24H31N3O. The minimum Gasteiger partial charge on any atom is -0.338 e. The molecule has 2 aromatic rings. The summed E-state index contributed by atoms with van der Waals surface area (Å²) in [6, 6.07) is 12.7. The van der Waals surface area contributed by atoms with Gasteiger partial charge in [0.1, 0.15) is 0 Å². The van der Waals surface area contributed by atoms with E-state index in [4.69, 9.17) is 0 Å². The van der Waals surface area contributed by atoms with Crippen LogP contribution >= 0.6 is 0 Å². The Labute approximate surface area is 168 Å². The second-order valence-electron chi connectivity index (χ2n) is 8.92. The molecule has 0 saturated carbocycles. The van der Waals surface area contributed by atoms with Crippen molar-refractivity contribution in [2.75, 3.05) is 26.2 Å². The van der Waals surface area contributed by atoms with Crippen molar-refractivity contribution in [3.05, 3.63) is 65.5 Å². The quantitative estimate of drug-likeness (QED) is 0.796. The van der Waals surface area contributed by atoms with Gasteiger partial charge < -0.3 is 4.90 Å². The van der Waals surface area contributed by atoms with Crippen LogP contribution in [0, 0.1) is 5.41 Å². The highest BCUT2D eigenvalue weighted by Crippen LogP contribution is 2.39. The average Bonchev–Trinajstić information content (AvgIpc) is 3.11. The molecule has 148 valence electrons. The Bertz CT molecular complexity index is 802. The maximum Gasteiger partial charge on any atom is 0.253 e. The number of carbonyl (C=O) groups is 1. The summed E-state index contributed by atoms with van der Waals surface area (Å²) in [6.07, 6.45) is 6.97. The Morgan fingerprint density at radius 3 is 2.50 bits per heavy atom. The van der Waals surface area contributed by atoms with Gasteiger partial charge in [0.2, 0.25) is 0 Å². The molecule has 4 heteroatoms. The van der Waals surface area contributed by atoms with Crippen LogP contribution in [0.25, 0.3) is 0 Å². The van der Waals surface area contributed by atoms with Gasteiger partial charge in [-0.2, -0.15) is 0 Å². The Morgan fingerprint density at radius 2 is 1.79 bits per heavy atom. The maximum atomic E-state index is 12.8. The van der Waals surface area contributed by atoms with Gasteiger partial charge in [-0.3, -0.25) is 14.7 Å². The number of hydrogen-bond donors (Lipinski definition) is 0. The topological polar surface area (TPSA) is 36.4 Å². The fraction of sp³-hybridized carbons (Fsp3) is 0.500. The van der Waals surface area contributed by atoms with Crippen LogP contribution in [0.15, 0.2) is 48.8 Å². The monoisotopic (exact) mass is 377 g/mol. The molecule has 4 rings (SSSR count). The van der Waals surface area contributed by atoms with E-state index in [-0.39, 0.29) is 11.3 Å². The Hall–Kier alpha value is -2.20. The minimum atomic E-state index is 0.153.